The van der Waals surface area contributed by atoms with Crippen molar-refractivity contribution in [2.45, 2.75) is 26.2 Å². The predicted octanol–water partition coefficient (Wildman–Crippen LogP) is 2.12. The van der Waals surface area contributed by atoms with Gasteiger partial charge >= 0.3 is 0 Å². The lowest BCUT2D eigenvalue weighted by molar-refractivity contribution is -0.384. The molecule has 0 saturated heterocycles. The Balaban J connectivity index is 3.31. The fourth-order valence-electron chi connectivity index (χ4n) is 1.65. The molecule has 0 radical (unpaired) electrons. The molecule has 0 heterocycles. The lowest BCUT2D eigenvalue weighted by Gasteiger charge is -2.22. The van der Waals surface area contributed by atoms with Crippen molar-refractivity contribution in [2.75, 3.05) is 5.43 Å². The average Bonchev–Trinajstić information content (AvgIpc) is 2.37. The summed E-state index contributed by atoms with van der Waals surface area (Å²) < 4.78 is 0. The number of nitrogens with two attached hydrogens (primary N) is 1. The van der Waals surface area contributed by atoms with E-state index in [0.717, 1.165) is 5.56 Å². The molecular weight excluding hydrogens is 272 g/mol. The fraction of sp³-hybridized carbons (Fsp3) is 0.308. The number of amidine groups is 1. The van der Waals surface area contributed by atoms with E-state index in [2.05, 4.69) is 10.5 Å². The zero-order chi connectivity index (χ0) is 16.2. The largest absolute Gasteiger partial charge is 0.382 e. The summed E-state index contributed by atoms with van der Waals surface area (Å²) in [5.74, 6) is -0.479. The molecule has 0 fully saturated rings. The number of hydrazone groups is 1. The molecule has 4 N–H and O–H groups in total. The summed E-state index contributed by atoms with van der Waals surface area (Å²) in [6.45, 7) is 5.83. The van der Waals surface area contributed by atoms with Gasteiger partial charge in [0, 0.05) is 12.1 Å². The zero-order valence-corrected chi connectivity index (χ0v) is 12.0. The van der Waals surface area contributed by atoms with E-state index >= 15 is 0 Å². The number of nitrogens with zero attached hydrogens (tertiary/aromatic N) is 3. The van der Waals surface area contributed by atoms with Crippen LogP contribution in [-0.2, 0) is 5.41 Å². The Labute approximate surface area is 121 Å². The maximum Gasteiger partial charge on any atom is 0.271 e. The summed E-state index contributed by atoms with van der Waals surface area (Å²) in [6, 6.07) is 6.05. The van der Waals surface area contributed by atoms with Crippen molar-refractivity contribution in [3.05, 3.63) is 33.9 Å². The monoisotopic (exact) mass is 288 g/mol. The van der Waals surface area contributed by atoms with E-state index in [1.54, 1.807) is 12.1 Å². The lowest BCUT2D eigenvalue weighted by atomic mass is 9.85. The van der Waals surface area contributed by atoms with Gasteiger partial charge in [-0.15, -0.1) is 0 Å². The normalized spacial score (nSPS) is 11.6. The number of nitriles is 1. The minimum absolute atomic E-state index is 0.0953. The molecule has 110 valence electrons. The maximum atomic E-state index is 10.9. The van der Waals surface area contributed by atoms with Crippen LogP contribution in [0.1, 0.15) is 26.3 Å². The van der Waals surface area contributed by atoms with Crippen LogP contribution < -0.4 is 11.2 Å². The van der Waals surface area contributed by atoms with Gasteiger partial charge in [-0.3, -0.25) is 20.9 Å². The smallest absolute Gasteiger partial charge is 0.271 e. The third kappa shape index (κ3) is 4.01. The molecule has 0 amide bonds. The highest BCUT2D eigenvalue weighted by molar-refractivity contribution is 6.45. The Kier molecular flexibility index (Phi) is 4.60. The molecule has 8 nitrogen and oxygen atoms in total. The van der Waals surface area contributed by atoms with Gasteiger partial charge in [-0.25, -0.2) is 0 Å². The second-order valence-electron chi connectivity index (χ2n) is 5.33. The van der Waals surface area contributed by atoms with E-state index in [9.17, 15) is 10.1 Å². The Bertz CT molecular complexity index is 652. The van der Waals surface area contributed by atoms with Crippen LogP contribution in [0.3, 0.4) is 0 Å². The molecule has 1 aromatic rings. The molecule has 0 saturated carbocycles. The summed E-state index contributed by atoms with van der Waals surface area (Å²) in [5.41, 5.74) is 8.30. The van der Waals surface area contributed by atoms with E-state index < -0.39 is 10.8 Å². The molecule has 0 aliphatic carbocycles. The highest BCUT2D eigenvalue weighted by atomic mass is 16.6. The van der Waals surface area contributed by atoms with Crippen molar-refractivity contribution in [1.29, 1.82) is 10.7 Å². The number of nitro benzene ring substituents is 1. The second kappa shape index (κ2) is 6.00. The van der Waals surface area contributed by atoms with Gasteiger partial charge < -0.3 is 5.73 Å². The molecule has 0 unspecified atom stereocenters. The fourth-order valence-corrected chi connectivity index (χ4v) is 1.65. The Hall–Kier alpha value is -2.95. The van der Waals surface area contributed by atoms with Crippen molar-refractivity contribution in [3.8, 4) is 6.07 Å². The number of nitro groups is 1. The number of anilines is 1. The second-order valence-corrected chi connectivity index (χ2v) is 5.33. The van der Waals surface area contributed by atoms with Gasteiger partial charge in [0.25, 0.3) is 5.69 Å². The van der Waals surface area contributed by atoms with Gasteiger partial charge in [0.15, 0.2) is 5.84 Å². The summed E-state index contributed by atoms with van der Waals surface area (Å²) in [7, 11) is 0. The van der Waals surface area contributed by atoms with E-state index in [0.29, 0.717) is 5.69 Å². The first-order valence-electron chi connectivity index (χ1n) is 6.04. The minimum Gasteiger partial charge on any atom is -0.382 e. The topological polar surface area (TPSA) is 141 Å². The van der Waals surface area contributed by atoms with Crippen LogP contribution in [0.25, 0.3) is 0 Å². The molecule has 21 heavy (non-hydrogen) atoms. The van der Waals surface area contributed by atoms with Crippen LogP contribution in [0.5, 0.6) is 0 Å². The third-order valence-electron chi connectivity index (χ3n) is 2.67. The average molecular weight is 288 g/mol. The first-order chi connectivity index (χ1) is 9.66. The van der Waals surface area contributed by atoms with Crippen LogP contribution in [0, 0.1) is 26.9 Å². The Morgan fingerprint density at radius 2 is 2.14 bits per heavy atom. The van der Waals surface area contributed by atoms with Crippen LogP contribution in [-0.4, -0.2) is 16.5 Å². The number of rotatable bonds is 4. The number of hydrogen-bond acceptors (Lipinski definition) is 6. The van der Waals surface area contributed by atoms with Crippen molar-refractivity contribution in [2.24, 2.45) is 10.8 Å². The number of nitrogens with one attached hydrogen (secondary N) is 2. The molecule has 0 aliphatic rings. The number of non-ortho nitro benzene ring substituents is 1. The van der Waals surface area contributed by atoms with Crippen molar-refractivity contribution in [1.82, 2.24) is 0 Å². The summed E-state index contributed by atoms with van der Waals surface area (Å²) >= 11 is 0. The zero-order valence-electron chi connectivity index (χ0n) is 12.0. The number of benzene rings is 1. The van der Waals surface area contributed by atoms with Crippen molar-refractivity contribution < 1.29 is 4.92 Å². The summed E-state index contributed by atoms with van der Waals surface area (Å²) in [4.78, 5) is 10.3. The first-order valence-corrected chi connectivity index (χ1v) is 6.04. The Morgan fingerprint density at radius 1 is 1.52 bits per heavy atom. The molecule has 1 aromatic carbocycles. The maximum absolute atomic E-state index is 10.9. The summed E-state index contributed by atoms with van der Waals surface area (Å²) in [6.07, 6.45) is 0. The van der Waals surface area contributed by atoms with E-state index in [1.807, 2.05) is 20.8 Å². The highest BCUT2D eigenvalue weighted by Gasteiger charge is 2.20. The van der Waals surface area contributed by atoms with Gasteiger partial charge in [-0.2, -0.15) is 10.4 Å². The Morgan fingerprint density at radius 3 is 2.57 bits per heavy atom. The van der Waals surface area contributed by atoms with Gasteiger partial charge in [-0.1, -0.05) is 20.8 Å². The van der Waals surface area contributed by atoms with Crippen LogP contribution in [0.4, 0.5) is 11.4 Å². The minimum atomic E-state index is -0.516. The SMILES string of the molecule is CC(C)(C)c1ccc([N+](=O)[O-])cc1N/N=C(\C#N)C(=N)N. The van der Waals surface area contributed by atoms with Gasteiger partial charge in [-0.05, 0) is 17.0 Å². The van der Waals surface area contributed by atoms with Crippen LogP contribution in [0.2, 0.25) is 0 Å². The molecule has 0 aliphatic heterocycles. The molecule has 0 atom stereocenters. The van der Waals surface area contributed by atoms with Gasteiger partial charge in [0.05, 0.1) is 10.6 Å². The molecule has 0 aromatic heterocycles. The third-order valence-corrected chi connectivity index (χ3v) is 2.67. The standard InChI is InChI=1S/C13H16N6O2/c1-13(2,3)9-5-4-8(19(20)21)6-10(9)17-18-11(7-14)12(15)16/h4-6,17H,1-3H3,(H3,15,16)/b18-11+. The van der Waals surface area contributed by atoms with E-state index in [4.69, 9.17) is 16.4 Å². The predicted molar refractivity (Wildman–Crippen MR) is 80.4 cm³/mol. The van der Waals surface area contributed by atoms with E-state index in [-0.39, 0.29) is 16.8 Å². The van der Waals surface area contributed by atoms with Crippen molar-refractivity contribution in [3.63, 3.8) is 0 Å². The quantitative estimate of drug-likeness (QED) is 0.336. The molecule has 0 spiro atoms. The van der Waals surface area contributed by atoms with Crippen molar-refractivity contribution >= 4 is 22.9 Å². The number of hydrogen-bond donors (Lipinski definition) is 3. The van der Waals surface area contributed by atoms with Crippen LogP contribution >= 0.6 is 0 Å². The summed E-state index contributed by atoms with van der Waals surface area (Å²) in [5, 5.41) is 30.5. The molecular formula is C13H16N6O2. The molecule has 8 heteroatoms. The van der Waals surface area contributed by atoms with E-state index in [1.165, 1.54) is 12.1 Å². The van der Waals surface area contributed by atoms with Gasteiger partial charge in [0.1, 0.15) is 6.07 Å². The van der Waals surface area contributed by atoms with Crippen LogP contribution in [0.15, 0.2) is 23.3 Å². The molecule has 0 bridgehead atoms. The lowest BCUT2D eigenvalue weighted by Crippen LogP contribution is -2.22. The van der Waals surface area contributed by atoms with Gasteiger partial charge in [0.2, 0.25) is 5.71 Å². The first kappa shape index (κ1) is 16.1. The molecule has 1 rings (SSSR count). The highest BCUT2D eigenvalue weighted by Crippen LogP contribution is 2.32.